The fourth-order valence-electron chi connectivity index (χ4n) is 2.64. The predicted molar refractivity (Wildman–Crippen MR) is 94.8 cm³/mol. The first-order chi connectivity index (χ1) is 12.5. The number of benzene rings is 2. The van der Waals surface area contributed by atoms with Crippen molar-refractivity contribution in [3.63, 3.8) is 0 Å². The van der Waals surface area contributed by atoms with Crippen LogP contribution in [-0.2, 0) is 9.53 Å². The van der Waals surface area contributed by atoms with Gasteiger partial charge in [-0.3, -0.25) is 14.5 Å². The molecule has 1 atom stereocenters. The van der Waals surface area contributed by atoms with Gasteiger partial charge < -0.3 is 10.1 Å². The summed E-state index contributed by atoms with van der Waals surface area (Å²) in [7, 11) is 0. The third kappa shape index (κ3) is 3.35. The standard InChI is InChI=1S/C20H18N2O4/c1-13(21-17(23)15-9-5-3-6-10-15)19-22(14(2)20(25)26-19)18(24)16-11-7-4-8-12-16/h3-12,14H,1-2H3,(H,21,23)/b19-13+/t14-/m0/s1. The minimum atomic E-state index is -0.777. The fraction of sp³-hybridized carbons (Fsp3) is 0.150. The van der Waals surface area contributed by atoms with Crippen LogP contribution < -0.4 is 5.32 Å². The van der Waals surface area contributed by atoms with Gasteiger partial charge in [0.1, 0.15) is 6.04 Å². The van der Waals surface area contributed by atoms with Crippen molar-refractivity contribution in [1.82, 2.24) is 10.2 Å². The van der Waals surface area contributed by atoms with Gasteiger partial charge in [-0.15, -0.1) is 0 Å². The highest BCUT2D eigenvalue weighted by Gasteiger charge is 2.40. The first-order valence-corrected chi connectivity index (χ1v) is 8.16. The maximum atomic E-state index is 12.8. The number of hydrogen-bond acceptors (Lipinski definition) is 4. The summed E-state index contributed by atoms with van der Waals surface area (Å²) < 4.78 is 5.26. The molecule has 6 heteroatoms. The van der Waals surface area contributed by atoms with Crippen molar-refractivity contribution < 1.29 is 19.1 Å². The van der Waals surface area contributed by atoms with Gasteiger partial charge in [0.2, 0.25) is 5.88 Å². The van der Waals surface area contributed by atoms with Crippen molar-refractivity contribution >= 4 is 17.8 Å². The molecule has 132 valence electrons. The van der Waals surface area contributed by atoms with Crippen LogP contribution in [0.5, 0.6) is 0 Å². The van der Waals surface area contributed by atoms with E-state index >= 15 is 0 Å². The molecule has 1 aliphatic heterocycles. The summed E-state index contributed by atoms with van der Waals surface area (Å²) in [4.78, 5) is 38.4. The minimum absolute atomic E-state index is 0.0423. The molecule has 0 bridgehead atoms. The number of hydrogen-bond donors (Lipinski definition) is 1. The first-order valence-electron chi connectivity index (χ1n) is 8.16. The Labute approximate surface area is 151 Å². The van der Waals surface area contributed by atoms with Gasteiger partial charge in [-0.25, -0.2) is 4.79 Å². The highest BCUT2D eigenvalue weighted by molar-refractivity contribution is 6.00. The summed E-state index contributed by atoms with van der Waals surface area (Å²) >= 11 is 0. The summed E-state index contributed by atoms with van der Waals surface area (Å²) in [5.41, 5.74) is 1.18. The van der Waals surface area contributed by atoms with Gasteiger partial charge in [-0.2, -0.15) is 0 Å². The third-order valence-electron chi connectivity index (χ3n) is 4.04. The van der Waals surface area contributed by atoms with Gasteiger partial charge in [-0.05, 0) is 38.1 Å². The molecule has 0 unspecified atom stereocenters. The van der Waals surface area contributed by atoms with Crippen molar-refractivity contribution in [2.24, 2.45) is 0 Å². The number of carbonyl (C=O) groups is 3. The molecule has 0 spiro atoms. The zero-order valence-corrected chi connectivity index (χ0v) is 14.4. The van der Waals surface area contributed by atoms with Crippen LogP contribution >= 0.6 is 0 Å². The lowest BCUT2D eigenvalue weighted by atomic mass is 10.1. The number of carbonyl (C=O) groups excluding carboxylic acids is 3. The Hall–Kier alpha value is -3.41. The van der Waals surface area contributed by atoms with Gasteiger partial charge in [0.25, 0.3) is 11.8 Å². The van der Waals surface area contributed by atoms with Gasteiger partial charge in [-0.1, -0.05) is 36.4 Å². The van der Waals surface area contributed by atoms with E-state index in [9.17, 15) is 14.4 Å². The van der Waals surface area contributed by atoms with Crippen LogP contribution in [0.15, 0.2) is 72.2 Å². The van der Waals surface area contributed by atoms with Crippen LogP contribution in [0.3, 0.4) is 0 Å². The van der Waals surface area contributed by atoms with E-state index in [0.717, 1.165) is 0 Å². The van der Waals surface area contributed by atoms with Crippen molar-refractivity contribution in [1.29, 1.82) is 0 Å². The molecule has 0 aromatic heterocycles. The number of nitrogens with one attached hydrogen (secondary N) is 1. The van der Waals surface area contributed by atoms with E-state index < -0.39 is 12.0 Å². The molecule has 1 heterocycles. The number of rotatable bonds is 3. The Bertz CT molecular complexity index is 875. The van der Waals surface area contributed by atoms with Crippen molar-refractivity contribution in [3.05, 3.63) is 83.4 Å². The molecule has 2 aromatic carbocycles. The molecule has 1 aliphatic rings. The molecule has 1 fully saturated rings. The molecule has 6 nitrogen and oxygen atoms in total. The number of allylic oxidation sites excluding steroid dienone is 1. The number of esters is 1. The van der Waals surface area contributed by atoms with Crippen LogP contribution in [0.25, 0.3) is 0 Å². The van der Waals surface area contributed by atoms with Gasteiger partial charge in [0, 0.05) is 11.1 Å². The van der Waals surface area contributed by atoms with Crippen molar-refractivity contribution in [2.75, 3.05) is 0 Å². The number of amides is 2. The SMILES string of the molecule is C/C(NC(=O)c1ccccc1)=C1\OC(=O)[C@H](C)N1C(=O)c1ccccc1. The Morgan fingerprint density at radius 2 is 1.50 bits per heavy atom. The van der Waals surface area contributed by atoms with E-state index in [1.54, 1.807) is 68.4 Å². The summed E-state index contributed by atoms with van der Waals surface area (Å²) in [6.07, 6.45) is 0. The summed E-state index contributed by atoms with van der Waals surface area (Å²) in [6, 6.07) is 16.5. The lowest BCUT2D eigenvalue weighted by Crippen LogP contribution is -2.36. The molecule has 1 saturated heterocycles. The zero-order valence-electron chi connectivity index (χ0n) is 14.4. The summed E-state index contributed by atoms with van der Waals surface area (Å²) in [5.74, 6) is -1.22. The van der Waals surface area contributed by atoms with E-state index in [1.165, 1.54) is 4.90 Å². The largest absolute Gasteiger partial charge is 0.406 e. The Kier molecular flexibility index (Phi) is 4.84. The molecule has 0 saturated carbocycles. The third-order valence-corrected chi connectivity index (χ3v) is 4.04. The number of ether oxygens (including phenoxy) is 1. The Morgan fingerprint density at radius 3 is 2.08 bits per heavy atom. The molecule has 3 rings (SSSR count). The summed E-state index contributed by atoms with van der Waals surface area (Å²) in [6.45, 7) is 3.18. The molecule has 2 aromatic rings. The van der Waals surface area contributed by atoms with Crippen LogP contribution in [0, 0.1) is 0 Å². The fourth-order valence-corrected chi connectivity index (χ4v) is 2.64. The van der Waals surface area contributed by atoms with Crippen molar-refractivity contribution in [2.45, 2.75) is 19.9 Å². The Morgan fingerprint density at radius 1 is 0.962 bits per heavy atom. The Balaban J connectivity index is 1.90. The van der Waals surface area contributed by atoms with Crippen molar-refractivity contribution in [3.8, 4) is 0 Å². The van der Waals surface area contributed by atoms with E-state index in [2.05, 4.69) is 5.32 Å². The molecule has 2 amide bonds. The average Bonchev–Trinajstić information content (AvgIpc) is 2.97. The molecule has 0 aliphatic carbocycles. The monoisotopic (exact) mass is 350 g/mol. The molecule has 0 radical (unpaired) electrons. The van der Waals surface area contributed by atoms with E-state index in [0.29, 0.717) is 16.8 Å². The van der Waals surface area contributed by atoms with Crippen LogP contribution in [0.4, 0.5) is 0 Å². The second-order valence-electron chi connectivity index (χ2n) is 5.89. The normalized spacial score (nSPS) is 18.3. The van der Waals surface area contributed by atoms with Crippen LogP contribution in [0.1, 0.15) is 34.6 Å². The lowest BCUT2D eigenvalue weighted by Gasteiger charge is -2.20. The quantitative estimate of drug-likeness (QED) is 0.864. The second-order valence-corrected chi connectivity index (χ2v) is 5.89. The molecular weight excluding hydrogens is 332 g/mol. The average molecular weight is 350 g/mol. The second kappa shape index (κ2) is 7.23. The molecule has 1 N–H and O–H groups in total. The lowest BCUT2D eigenvalue weighted by molar-refractivity contribution is -0.136. The highest BCUT2D eigenvalue weighted by Crippen LogP contribution is 2.26. The first kappa shape index (κ1) is 17.4. The highest BCUT2D eigenvalue weighted by atomic mass is 16.6. The van der Waals surface area contributed by atoms with E-state index in [4.69, 9.17) is 4.74 Å². The van der Waals surface area contributed by atoms with E-state index in [-0.39, 0.29) is 17.7 Å². The van der Waals surface area contributed by atoms with E-state index in [1.807, 2.05) is 6.07 Å². The number of cyclic esters (lactones) is 1. The van der Waals surface area contributed by atoms with Crippen LogP contribution in [0.2, 0.25) is 0 Å². The van der Waals surface area contributed by atoms with Crippen LogP contribution in [-0.4, -0.2) is 28.7 Å². The maximum Gasteiger partial charge on any atom is 0.335 e. The predicted octanol–water partition coefficient (Wildman–Crippen LogP) is 2.69. The van der Waals surface area contributed by atoms with Gasteiger partial charge >= 0.3 is 5.97 Å². The topological polar surface area (TPSA) is 75.7 Å². The number of nitrogens with zero attached hydrogens (tertiary/aromatic N) is 1. The smallest absolute Gasteiger partial charge is 0.335 e. The zero-order chi connectivity index (χ0) is 18.7. The van der Waals surface area contributed by atoms with Gasteiger partial charge in [0.05, 0.1) is 5.70 Å². The molecule has 26 heavy (non-hydrogen) atoms. The minimum Gasteiger partial charge on any atom is -0.406 e. The van der Waals surface area contributed by atoms with Gasteiger partial charge in [0.15, 0.2) is 0 Å². The summed E-state index contributed by atoms with van der Waals surface area (Å²) in [5, 5.41) is 2.69. The maximum absolute atomic E-state index is 12.8. The molecular formula is C20H18N2O4.